The maximum absolute atomic E-state index is 11.9. The molecule has 102 valence electrons. The summed E-state index contributed by atoms with van der Waals surface area (Å²) in [4.78, 5) is 5.98. The summed E-state index contributed by atoms with van der Waals surface area (Å²) in [5.41, 5.74) is 1.22. The zero-order chi connectivity index (χ0) is 13.9. The largest absolute Gasteiger partial charge is 0.369 e. The fourth-order valence-corrected chi connectivity index (χ4v) is 3.60. The van der Waals surface area contributed by atoms with Crippen LogP contribution >= 0.6 is 0 Å². The molecule has 1 N–H and O–H groups in total. The predicted molar refractivity (Wildman–Crippen MR) is 72.2 cm³/mol. The van der Waals surface area contributed by atoms with E-state index in [0.29, 0.717) is 31.7 Å². The topological polar surface area (TPSA) is 86.1 Å². The molecule has 0 bridgehead atoms. The number of hydrogen-bond donors (Lipinski definition) is 1. The minimum absolute atomic E-state index is 0.361. The van der Waals surface area contributed by atoms with Crippen LogP contribution in [0.5, 0.6) is 0 Å². The zero-order valence-corrected chi connectivity index (χ0v) is 11.5. The molecule has 2 rings (SSSR count). The molecule has 1 aliphatic rings. The Kier molecular flexibility index (Phi) is 4.02. The molecule has 1 fully saturated rings. The lowest BCUT2D eigenvalue weighted by Gasteiger charge is -2.18. The lowest BCUT2D eigenvalue weighted by Crippen LogP contribution is -2.36. The van der Waals surface area contributed by atoms with Crippen LogP contribution in [0.25, 0.3) is 0 Å². The molecule has 2 heterocycles. The molecule has 0 unspecified atom stereocenters. The van der Waals surface area contributed by atoms with Gasteiger partial charge in [-0.25, -0.2) is 18.1 Å². The molecule has 0 amide bonds. The van der Waals surface area contributed by atoms with Crippen LogP contribution in [0, 0.1) is 11.3 Å². The van der Waals surface area contributed by atoms with Crippen LogP contribution in [0.4, 0.5) is 5.69 Å². The van der Waals surface area contributed by atoms with Crippen molar-refractivity contribution in [2.75, 3.05) is 24.5 Å². The van der Waals surface area contributed by atoms with Gasteiger partial charge < -0.3 is 4.90 Å². The molecule has 1 aromatic rings. The van der Waals surface area contributed by atoms with Gasteiger partial charge in [0.15, 0.2) is 0 Å². The molecular formula is C12H16N4O2S. The van der Waals surface area contributed by atoms with Gasteiger partial charge in [0.2, 0.25) is 10.0 Å². The Morgan fingerprint density at radius 2 is 2.37 bits per heavy atom. The van der Waals surface area contributed by atoms with Crippen LogP contribution < -0.4 is 9.62 Å². The third-order valence-electron chi connectivity index (χ3n) is 3.16. The van der Waals surface area contributed by atoms with Crippen LogP contribution in [0.2, 0.25) is 0 Å². The first-order valence-electron chi connectivity index (χ1n) is 6.16. The minimum atomic E-state index is -3.23. The normalized spacial score (nSPS) is 19.4. The molecule has 1 saturated heterocycles. The van der Waals surface area contributed by atoms with Crippen molar-refractivity contribution in [3.63, 3.8) is 0 Å². The van der Waals surface area contributed by atoms with E-state index in [1.807, 2.05) is 11.0 Å². The average Bonchev–Trinajstić information content (AvgIpc) is 2.89. The van der Waals surface area contributed by atoms with E-state index >= 15 is 0 Å². The van der Waals surface area contributed by atoms with E-state index in [1.165, 1.54) is 0 Å². The van der Waals surface area contributed by atoms with Crippen molar-refractivity contribution in [1.82, 2.24) is 9.71 Å². The number of nitrogens with one attached hydrogen (secondary N) is 1. The van der Waals surface area contributed by atoms with E-state index in [4.69, 9.17) is 5.26 Å². The highest BCUT2D eigenvalue weighted by atomic mass is 32.2. The van der Waals surface area contributed by atoms with Gasteiger partial charge in [-0.2, -0.15) is 5.26 Å². The highest BCUT2D eigenvalue weighted by Gasteiger charge is 2.32. The van der Waals surface area contributed by atoms with Gasteiger partial charge in [-0.15, -0.1) is 0 Å². The second kappa shape index (κ2) is 5.55. The molecule has 0 radical (unpaired) electrons. The molecule has 0 saturated carbocycles. The number of nitriles is 1. The fourth-order valence-electron chi connectivity index (χ4n) is 2.17. The number of aromatic nitrogens is 1. The summed E-state index contributed by atoms with van der Waals surface area (Å²) >= 11 is 0. The first-order valence-corrected chi connectivity index (χ1v) is 7.71. The average molecular weight is 280 g/mol. The highest BCUT2D eigenvalue weighted by molar-refractivity contribution is 7.90. The number of nitrogens with zero attached hydrogens (tertiary/aromatic N) is 3. The smallest absolute Gasteiger partial charge is 0.216 e. The van der Waals surface area contributed by atoms with Gasteiger partial charge in [0, 0.05) is 19.6 Å². The van der Waals surface area contributed by atoms with Crippen molar-refractivity contribution < 1.29 is 8.42 Å². The maximum atomic E-state index is 11.9. The molecule has 0 spiro atoms. The molecule has 1 atom stereocenters. The van der Waals surface area contributed by atoms with E-state index in [-0.39, 0.29) is 5.25 Å². The van der Waals surface area contributed by atoms with Crippen LogP contribution in [0.1, 0.15) is 19.0 Å². The summed E-state index contributed by atoms with van der Waals surface area (Å²) in [6.07, 6.45) is 2.22. The van der Waals surface area contributed by atoms with Gasteiger partial charge in [0.05, 0.1) is 17.1 Å². The molecule has 1 aromatic heterocycles. The summed E-state index contributed by atoms with van der Waals surface area (Å²) in [7, 11) is -3.23. The molecule has 6 nitrogen and oxygen atoms in total. The number of pyridine rings is 1. The second-order valence-corrected chi connectivity index (χ2v) is 6.46. The number of sulfonamides is 1. The maximum Gasteiger partial charge on any atom is 0.216 e. The number of hydrogen-bond acceptors (Lipinski definition) is 5. The fraction of sp³-hybridized carbons (Fsp3) is 0.500. The Bertz CT molecular complexity index is 577. The van der Waals surface area contributed by atoms with Crippen LogP contribution in [-0.4, -0.2) is 38.3 Å². The molecule has 7 heteroatoms. The summed E-state index contributed by atoms with van der Waals surface area (Å²) < 4.78 is 26.4. The summed E-state index contributed by atoms with van der Waals surface area (Å²) in [6, 6.07) is 5.40. The van der Waals surface area contributed by atoms with Gasteiger partial charge in [0.25, 0.3) is 0 Å². The van der Waals surface area contributed by atoms with E-state index in [9.17, 15) is 8.42 Å². The molecule has 0 aliphatic carbocycles. The third kappa shape index (κ3) is 3.03. The molecule has 1 aliphatic heterocycles. The van der Waals surface area contributed by atoms with Crippen LogP contribution in [-0.2, 0) is 10.0 Å². The van der Waals surface area contributed by atoms with E-state index < -0.39 is 10.0 Å². The molecule has 19 heavy (non-hydrogen) atoms. The lowest BCUT2D eigenvalue weighted by molar-refractivity contribution is 0.571. The summed E-state index contributed by atoms with van der Waals surface area (Å²) in [6.45, 7) is 3.33. The van der Waals surface area contributed by atoms with E-state index in [0.717, 1.165) is 5.69 Å². The Hall–Kier alpha value is -1.65. The number of anilines is 1. The van der Waals surface area contributed by atoms with Gasteiger partial charge in [-0.05, 0) is 18.6 Å². The quantitative estimate of drug-likeness (QED) is 0.866. The predicted octanol–water partition coefficient (Wildman–Crippen LogP) is 0.471. The zero-order valence-electron chi connectivity index (χ0n) is 10.7. The standard InChI is InChI=1S/C12H16N4O2S/c1-2-15-19(17,18)12-5-6-16(9-12)11-4-3-10(7-13)14-8-11/h3-4,8,12,15H,2,5-6,9H2,1H3/t12-/m0/s1. The van der Waals surface area contributed by atoms with E-state index in [1.54, 1.807) is 25.3 Å². The van der Waals surface area contributed by atoms with Crippen molar-refractivity contribution in [3.8, 4) is 6.07 Å². The van der Waals surface area contributed by atoms with Crippen LogP contribution in [0.15, 0.2) is 18.3 Å². The van der Waals surface area contributed by atoms with Gasteiger partial charge in [0.1, 0.15) is 11.8 Å². The molecular weight excluding hydrogens is 264 g/mol. The number of rotatable bonds is 4. The van der Waals surface area contributed by atoms with E-state index in [2.05, 4.69) is 9.71 Å². The molecule has 0 aromatic carbocycles. The first kappa shape index (κ1) is 13.8. The lowest BCUT2D eigenvalue weighted by atomic mass is 10.3. The van der Waals surface area contributed by atoms with Crippen molar-refractivity contribution in [2.24, 2.45) is 0 Å². The van der Waals surface area contributed by atoms with Gasteiger partial charge >= 0.3 is 0 Å². The SMILES string of the molecule is CCNS(=O)(=O)[C@H]1CCN(c2ccc(C#N)nc2)C1. The monoisotopic (exact) mass is 280 g/mol. The first-order chi connectivity index (χ1) is 9.06. The Balaban J connectivity index is 2.08. The highest BCUT2D eigenvalue weighted by Crippen LogP contribution is 2.22. The minimum Gasteiger partial charge on any atom is -0.369 e. The van der Waals surface area contributed by atoms with Crippen molar-refractivity contribution >= 4 is 15.7 Å². The third-order valence-corrected chi connectivity index (χ3v) is 5.11. The summed E-state index contributed by atoms with van der Waals surface area (Å²) in [5.74, 6) is 0. The van der Waals surface area contributed by atoms with Crippen LogP contribution in [0.3, 0.4) is 0 Å². The van der Waals surface area contributed by atoms with Gasteiger partial charge in [-0.1, -0.05) is 6.92 Å². The van der Waals surface area contributed by atoms with Crippen molar-refractivity contribution in [1.29, 1.82) is 5.26 Å². The van der Waals surface area contributed by atoms with Crippen molar-refractivity contribution in [3.05, 3.63) is 24.0 Å². The second-order valence-electron chi connectivity index (χ2n) is 4.41. The Labute approximate surface area is 113 Å². The summed E-state index contributed by atoms with van der Waals surface area (Å²) in [5, 5.41) is 8.30. The van der Waals surface area contributed by atoms with Gasteiger partial charge in [-0.3, -0.25) is 0 Å². The Morgan fingerprint density at radius 1 is 1.58 bits per heavy atom. The van der Waals surface area contributed by atoms with Crippen molar-refractivity contribution in [2.45, 2.75) is 18.6 Å². The Morgan fingerprint density at radius 3 is 2.95 bits per heavy atom.